The van der Waals surface area contributed by atoms with Crippen molar-refractivity contribution in [2.45, 2.75) is 19.4 Å². The van der Waals surface area contributed by atoms with Crippen molar-refractivity contribution in [1.82, 2.24) is 14.9 Å². The molecule has 1 atom stereocenters. The SMILES string of the molecule is Cc1ccccc1[C@@H](CNC(=O)CCNS(C)(=O)=O)N(C)C. The van der Waals surface area contributed by atoms with Crippen LogP contribution >= 0.6 is 0 Å². The van der Waals surface area contributed by atoms with Gasteiger partial charge in [-0.1, -0.05) is 24.3 Å². The second-order valence-corrected chi connectivity index (χ2v) is 7.39. The fourth-order valence-corrected chi connectivity index (χ4v) is 2.65. The van der Waals surface area contributed by atoms with Gasteiger partial charge in [0.05, 0.1) is 12.3 Å². The molecule has 124 valence electrons. The molecule has 1 rings (SSSR count). The van der Waals surface area contributed by atoms with Gasteiger partial charge in [0.15, 0.2) is 0 Å². The number of hydrogen-bond acceptors (Lipinski definition) is 4. The number of nitrogens with zero attached hydrogens (tertiary/aromatic N) is 1. The quantitative estimate of drug-likeness (QED) is 0.735. The highest BCUT2D eigenvalue weighted by molar-refractivity contribution is 7.88. The number of rotatable bonds is 8. The van der Waals surface area contributed by atoms with E-state index in [1.807, 2.05) is 39.2 Å². The average Bonchev–Trinajstić information content (AvgIpc) is 2.39. The molecule has 2 N–H and O–H groups in total. The maximum absolute atomic E-state index is 11.8. The van der Waals surface area contributed by atoms with Crippen molar-refractivity contribution < 1.29 is 13.2 Å². The molecule has 1 aromatic rings. The first-order valence-corrected chi connectivity index (χ1v) is 9.03. The first kappa shape index (κ1) is 18.6. The fraction of sp³-hybridized carbons (Fsp3) is 0.533. The summed E-state index contributed by atoms with van der Waals surface area (Å²) >= 11 is 0. The van der Waals surface area contributed by atoms with Gasteiger partial charge >= 0.3 is 0 Å². The number of carbonyl (C=O) groups is 1. The van der Waals surface area contributed by atoms with Crippen molar-refractivity contribution in [1.29, 1.82) is 0 Å². The lowest BCUT2D eigenvalue weighted by Crippen LogP contribution is -2.36. The summed E-state index contributed by atoms with van der Waals surface area (Å²) in [4.78, 5) is 13.9. The van der Waals surface area contributed by atoms with E-state index in [2.05, 4.69) is 21.0 Å². The lowest BCUT2D eigenvalue weighted by molar-refractivity contribution is -0.121. The molecule has 0 aliphatic carbocycles. The minimum Gasteiger partial charge on any atom is -0.354 e. The molecular formula is C15H25N3O3S. The van der Waals surface area contributed by atoms with Gasteiger partial charge < -0.3 is 10.2 Å². The minimum absolute atomic E-state index is 0.0769. The van der Waals surface area contributed by atoms with Crippen LogP contribution < -0.4 is 10.0 Å². The monoisotopic (exact) mass is 327 g/mol. The summed E-state index contributed by atoms with van der Waals surface area (Å²) in [5.74, 6) is -0.170. The van der Waals surface area contributed by atoms with Gasteiger partial charge in [-0.2, -0.15) is 0 Å². The molecule has 0 heterocycles. The van der Waals surface area contributed by atoms with Crippen molar-refractivity contribution >= 4 is 15.9 Å². The highest BCUT2D eigenvalue weighted by Gasteiger charge is 2.16. The van der Waals surface area contributed by atoms with Crippen molar-refractivity contribution in [2.24, 2.45) is 0 Å². The second kappa shape index (κ2) is 8.26. The fourth-order valence-electron chi connectivity index (χ4n) is 2.18. The van der Waals surface area contributed by atoms with Crippen LogP contribution in [0, 0.1) is 6.92 Å². The maximum atomic E-state index is 11.8. The third kappa shape index (κ3) is 6.55. The lowest BCUT2D eigenvalue weighted by atomic mass is 10.0. The van der Waals surface area contributed by atoms with Crippen molar-refractivity contribution in [3.8, 4) is 0 Å². The number of likely N-dealkylation sites (N-methyl/N-ethyl adjacent to an activating group) is 1. The summed E-state index contributed by atoms with van der Waals surface area (Å²) in [5.41, 5.74) is 2.34. The molecule has 0 aliphatic rings. The maximum Gasteiger partial charge on any atom is 0.221 e. The summed E-state index contributed by atoms with van der Waals surface area (Å²) in [7, 11) is 0.682. The van der Waals surface area contributed by atoms with Gasteiger partial charge in [0.25, 0.3) is 0 Å². The van der Waals surface area contributed by atoms with Crippen molar-refractivity contribution in [2.75, 3.05) is 33.4 Å². The topological polar surface area (TPSA) is 78.5 Å². The van der Waals surface area contributed by atoms with Crippen LogP contribution in [-0.4, -0.2) is 52.7 Å². The summed E-state index contributed by atoms with van der Waals surface area (Å²) < 4.78 is 24.2. The van der Waals surface area contributed by atoms with E-state index >= 15 is 0 Å². The highest BCUT2D eigenvalue weighted by Crippen LogP contribution is 2.20. The number of benzene rings is 1. The van der Waals surface area contributed by atoms with Gasteiger partial charge in [0, 0.05) is 19.5 Å². The smallest absolute Gasteiger partial charge is 0.221 e. The Hall–Kier alpha value is -1.44. The summed E-state index contributed by atoms with van der Waals surface area (Å²) in [5, 5.41) is 2.86. The Bertz CT molecular complexity index is 600. The van der Waals surface area contributed by atoms with E-state index in [1.54, 1.807) is 0 Å². The van der Waals surface area contributed by atoms with Crippen LogP contribution in [0.25, 0.3) is 0 Å². The predicted octanol–water partition coefficient (Wildman–Crippen LogP) is 0.653. The van der Waals surface area contributed by atoms with Crippen LogP contribution in [0.5, 0.6) is 0 Å². The Morgan fingerprint density at radius 2 is 1.91 bits per heavy atom. The summed E-state index contributed by atoms with van der Waals surface area (Å²) in [6, 6.07) is 8.15. The van der Waals surface area contributed by atoms with Gasteiger partial charge in [0.2, 0.25) is 15.9 Å². The van der Waals surface area contributed by atoms with Crippen molar-refractivity contribution in [3.63, 3.8) is 0 Å². The summed E-state index contributed by atoms with van der Waals surface area (Å²) in [6.07, 6.45) is 1.20. The van der Waals surface area contributed by atoms with Crippen LogP contribution in [0.1, 0.15) is 23.6 Å². The zero-order valence-electron chi connectivity index (χ0n) is 13.6. The molecule has 6 nitrogen and oxygen atoms in total. The first-order valence-electron chi connectivity index (χ1n) is 7.14. The van der Waals surface area contributed by atoms with Crippen LogP contribution in [0.3, 0.4) is 0 Å². The minimum atomic E-state index is -3.25. The summed E-state index contributed by atoms with van der Waals surface area (Å²) in [6.45, 7) is 2.64. The Balaban J connectivity index is 2.55. The lowest BCUT2D eigenvalue weighted by Gasteiger charge is -2.26. The standard InChI is InChI=1S/C15H25N3O3S/c1-12-7-5-6-8-13(12)14(18(2)3)11-16-15(19)9-10-17-22(4,20)21/h5-8,14,17H,9-11H2,1-4H3,(H,16,19)/t14-/m1/s1. The normalized spacial score (nSPS) is 13.1. The second-order valence-electron chi connectivity index (χ2n) is 5.56. The highest BCUT2D eigenvalue weighted by atomic mass is 32.2. The number of carbonyl (C=O) groups excluding carboxylic acids is 1. The molecule has 1 amide bonds. The predicted molar refractivity (Wildman–Crippen MR) is 88.1 cm³/mol. The number of hydrogen-bond donors (Lipinski definition) is 2. The Kier molecular flexibility index (Phi) is 6.99. The molecular weight excluding hydrogens is 302 g/mol. The van der Waals surface area contributed by atoms with Gasteiger partial charge in [-0.3, -0.25) is 4.79 Å². The molecule has 1 aromatic carbocycles. The van der Waals surface area contributed by atoms with Crippen LogP contribution in [0.4, 0.5) is 0 Å². The van der Waals surface area contributed by atoms with Crippen LogP contribution in [0.2, 0.25) is 0 Å². The largest absolute Gasteiger partial charge is 0.354 e. The Morgan fingerprint density at radius 1 is 1.27 bits per heavy atom. The van der Waals surface area contributed by atoms with Crippen LogP contribution in [-0.2, 0) is 14.8 Å². The third-order valence-electron chi connectivity index (χ3n) is 3.38. The number of sulfonamides is 1. The van der Waals surface area contributed by atoms with Gasteiger partial charge in [0.1, 0.15) is 0 Å². The Morgan fingerprint density at radius 3 is 2.45 bits per heavy atom. The number of aryl methyl sites for hydroxylation is 1. The molecule has 0 fully saturated rings. The molecule has 0 unspecified atom stereocenters. The molecule has 0 bridgehead atoms. The zero-order chi connectivity index (χ0) is 16.8. The molecule has 0 saturated heterocycles. The molecule has 0 saturated carbocycles. The average molecular weight is 327 g/mol. The molecule has 0 aromatic heterocycles. The molecule has 0 spiro atoms. The van der Waals surface area contributed by atoms with E-state index in [0.717, 1.165) is 6.26 Å². The molecule has 0 radical (unpaired) electrons. The molecule has 22 heavy (non-hydrogen) atoms. The zero-order valence-corrected chi connectivity index (χ0v) is 14.4. The molecule has 7 heteroatoms. The van der Waals surface area contributed by atoms with E-state index in [-0.39, 0.29) is 24.9 Å². The van der Waals surface area contributed by atoms with Gasteiger partial charge in [-0.05, 0) is 32.1 Å². The van der Waals surface area contributed by atoms with Crippen LogP contribution in [0.15, 0.2) is 24.3 Å². The number of amides is 1. The van der Waals surface area contributed by atoms with E-state index < -0.39 is 10.0 Å². The van der Waals surface area contributed by atoms with E-state index in [9.17, 15) is 13.2 Å². The van der Waals surface area contributed by atoms with Gasteiger partial charge in [-0.15, -0.1) is 0 Å². The third-order valence-corrected chi connectivity index (χ3v) is 4.11. The van der Waals surface area contributed by atoms with E-state index in [1.165, 1.54) is 11.1 Å². The van der Waals surface area contributed by atoms with Crippen molar-refractivity contribution in [3.05, 3.63) is 35.4 Å². The van der Waals surface area contributed by atoms with E-state index in [0.29, 0.717) is 6.54 Å². The number of nitrogens with one attached hydrogen (secondary N) is 2. The molecule has 0 aliphatic heterocycles. The van der Waals surface area contributed by atoms with Gasteiger partial charge in [-0.25, -0.2) is 13.1 Å². The Labute approximate surface area is 132 Å². The first-order chi connectivity index (χ1) is 10.2. The van der Waals surface area contributed by atoms with E-state index in [4.69, 9.17) is 0 Å².